The molecule has 2 nitrogen and oxygen atoms in total. The van der Waals surface area contributed by atoms with E-state index in [1.165, 1.54) is 6.39 Å². The Morgan fingerprint density at radius 3 is 2.28 bits per heavy atom. The summed E-state index contributed by atoms with van der Waals surface area (Å²) >= 11 is 5.91. The molecule has 1 heterocycles. The van der Waals surface area contributed by atoms with Crippen molar-refractivity contribution in [2.75, 3.05) is 0 Å². The summed E-state index contributed by atoms with van der Waals surface area (Å²) in [7, 11) is 0. The van der Waals surface area contributed by atoms with Gasteiger partial charge in [-0.2, -0.15) is 0 Å². The molecule has 0 unspecified atom stereocenters. The molecule has 18 heavy (non-hydrogen) atoms. The molecule has 0 saturated heterocycles. The van der Waals surface area contributed by atoms with Gasteiger partial charge in [0.1, 0.15) is 12.0 Å². The molecule has 0 bridgehead atoms. The quantitative estimate of drug-likeness (QED) is 0.665. The normalized spacial score (nSPS) is 10.5. The minimum Gasteiger partial charge on any atom is -0.451 e. The number of hydrogen-bond acceptors (Lipinski definition) is 2. The van der Waals surface area contributed by atoms with Crippen molar-refractivity contribution in [2.24, 2.45) is 0 Å². The zero-order chi connectivity index (χ0) is 12.4. The van der Waals surface area contributed by atoms with E-state index in [4.69, 9.17) is 16.0 Å². The van der Waals surface area contributed by atoms with Gasteiger partial charge in [-0.3, -0.25) is 0 Å². The van der Waals surface area contributed by atoms with Crippen LogP contribution in [0.4, 0.5) is 0 Å². The lowest BCUT2D eigenvalue weighted by Gasteiger charge is -2.07. The van der Waals surface area contributed by atoms with Gasteiger partial charge in [0.2, 0.25) is 0 Å². The maximum atomic E-state index is 5.91. The highest BCUT2D eigenvalue weighted by molar-refractivity contribution is 6.30. The second kappa shape index (κ2) is 4.67. The Morgan fingerprint density at radius 1 is 0.889 bits per heavy atom. The van der Waals surface area contributed by atoms with E-state index in [1.807, 2.05) is 42.5 Å². The molecule has 3 rings (SSSR count). The standard InChI is InChI=1S/C15H10ClNO/c16-12-7-5-11(6-8-12)13-3-1-2-4-14(13)15-9-18-10-17-15/h1-10H. The molecule has 0 aliphatic rings. The summed E-state index contributed by atoms with van der Waals surface area (Å²) in [5.74, 6) is 0. The van der Waals surface area contributed by atoms with Crippen molar-refractivity contribution in [2.45, 2.75) is 0 Å². The lowest BCUT2D eigenvalue weighted by Crippen LogP contribution is -1.84. The van der Waals surface area contributed by atoms with Crippen LogP contribution >= 0.6 is 11.6 Å². The van der Waals surface area contributed by atoms with Crippen LogP contribution in [-0.2, 0) is 0 Å². The number of halogens is 1. The summed E-state index contributed by atoms with van der Waals surface area (Å²) in [5, 5.41) is 0.734. The van der Waals surface area contributed by atoms with Crippen LogP contribution in [0.3, 0.4) is 0 Å². The van der Waals surface area contributed by atoms with E-state index in [1.54, 1.807) is 6.26 Å². The third-order valence-electron chi connectivity index (χ3n) is 2.79. The fraction of sp³-hybridized carbons (Fsp3) is 0. The van der Waals surface area contributed by atoms with Gasteiger partial charge < -0.3 is 4.42 Å². The third-order valence-corrected chi connectivity index (χ3v) is 3.04. The zero-order valence-corrected chi connectivity index (χ0v) is 10.3. The number of hydrogen-bond donors (Lipinski definition) is 0. The highest BCUT2D eigenvalue weighted by Crippen LogP contribution is 2.31. The minimum atomic E-state index is 0.734. The van der Waals surface area contributed by atoms with Crippen LogP contribution in [0.5, 0.6) is 0 Å². The van der Waals surface area contributed by atoms with Crippen LogP contribution in [0.1, 0.15) is 0 Å². The second-order valence-electron chi connectivity index (χ2n) is 3.93. The average Bonchev–Trinajstić information content (AvgIpc) is 2.93. The Morgan fingerprint density at radius 2 is 1.61 bits per heavy atom. The van der Waals surface area contributed by atoms with Crippen LogP contribution in [0.25, 0.3) is 22.4 Å². The Kier molecular flexibility index (Phi) is 2.87. The van der Waals surface area contributed by atoms with Crippen molar-refractivity contribution in [1.82, 2.24) is 4.98 Å². The number of aromatic nitrogens is 1. The first-order valence-electron chi connectivity index (χ1n) is 5.58. The van der Waals surface area contributed by atoms with Gasteiger partial charge in [0.25, 0.3) is 0 Å². The maximum Gasteiger partial charge on any atom is 0.181 e. The van der Waals surface area contributed by atoms with Crippen LogP contribution in [0.15, 0.2) is 65.6 Å². The average molecular weight is 256 g/mol. The monoisotopic (exact) mass is 255 g/mol. The van der Waals surface area contributed by atoms with Crippen LogP contribution in [-0.4, -0.2) is 4.98 Å². The van der Waals surface area contributed by atoms with Crippen molar-refractivity contribution in [3.63, 3.8) is 0 Å². The molecule has 3 aromatic rings. The first-order chi connectivity index (χ1) is 8.84. The van der Waals surface area contributed by atoms with Crippen molar-refractivity contribution in [3.05, 3.63) is 66.2 Å². The molecule has 0 amide bonds. The summed E-state index contributed by atoms with van der Waals surface area (Å²) in [5.41, 5.74) is 4.11. The fourth-order valence-electron chi connectivity index (χ4n) is 1.93. The molecule has 0 aliphatic heterocycles. The molecule has 0 spiro atoms. The van der Waals surface area contributed by atoms with Crippen molar-refractivity contribution < 1.29 is 4.42 Å². The Hall–Kier alpha value is -2.06. The Labute approximate surface area is 110 Å². The predicted molar refractivity (Wildman–Crippen MR) is 72.4 cm³/mol. The highest BCUT2D eigenvalue weighted by atomic mass is 35.5. The molecule has 88 valence electrons. The van der Waals surface area contributed by atoms with Gasteiger partial charge >= 0.3 is 0 Å². The third kappa shape index (κ3) is 2.03. The lowest BCUT2D eigenvalue weighted by molar-refractivity contribution is 0.558. The minimum absolute atomic E-state index is 0.734. The van der Waals surface area contributed by atoms with Crippen molar-refractivity contribution in [3.8, 4) is 22.4 Å². The molecule has 0 fully saturated rings. The molecule has 3 heteroatoms. The van der Waals surface area contributed by atoms with E-state index >= 15 is 0 Å². The van der Waals surface area contributed by atoms with Crippen molar-refractivity contribution >= 4 is 11.6 Å². The van der Waals surface area contributed by atoms with Gasteiger partial charge in [-0.05, 0) is 23.3 Å². The number of nitrogens with zero attached hydrogens (tertiary/aromatic N) is 1. The van der Waals surface area contributed by atoms with E-state index in [0.29, 0.717) is 0 Å². The molecular weight excluding hydrogens is 246 g/mol. The smallest absolute Gasteiger partial charge is 0.181 e. The molecule has 0 aliphatic carbocycles. The zero-order valence-electron chi connectivity index (χ0n) is 9.51. The summed E-state index contributed by atoms with van der Waals surface area (Å²) in [6.07, 6.45) is 3.09. The molecule has 0 N–H and O–H groups in total. The Balaban J connectivity index is 2.15. The Bertz CT molecular complexity index is 645. The van der Waals surface area contributed by atoms with Gasteiger partial charge in [0, 0.05) is 10.6 Å². The second-order valence-corrected chi connectivity index (χ2v) is 4.36. The van der Waals surface area contributed by atoms with E-state index in [-0.39, 0.29) is 0 Å². The van der Waals surface area contributed by atoms with Gasteiger partial charge in [0.05, 0.1) is 0 Å². The molecular formula is C15H10ClNO. The summed E-state index contributed by atoms with van der Waals surface area (Å²) in [6.45, 7) is 0. The highest BCUT2D eigenvalue weighted by Gasteiger charge is 2.08. The van der Waals surface area contributed by atoms with E-state index < -0.39 is 0 Å². The topological polar surface area (TPSA) is 26.0 Å². The number of oxazole rings is 1. The first kappa shape index (κ1) is 11.1. The molecule has 0 radical (unpaired) electrons. The van der Waals surface area contributed by atoms with Crippen LogP contribution < -0.4 is 0 Å². The fourth-order valence-corrected chi connectivity index (χ4v) is 2.06. The first-order valence-corrected chi connectivity index (χ1v) is 5.96. The SMILES string of the molecule is Clc1ccc(-c2ccccc2-c2cocn2)cc1. The summed E-state index contributed by atoms with van der Waals surface area (Å²) in [4.78, 5) is 4.20. The predicted octanol–water partition coefficient (Wildman–Crippen LogP) is 4.66. The van der Waals surface area contributed by atoms with Crippen LogP contribution in [0.2, 0.25) is 5.02 Å². The number of rotatable bonds is 2. The van der Waals surface area contributed by atoms with Crippen LogP contribution in [0, 0.1) is 0 Å². The maximum absolute atomic E-state index is 5.91. The molecule has 2 aromatic carbocycles. The lowest BCUT2D eigenvalue weighted by atomic mass is 9.98. The largest absolute Gasteiger partial charge is 0.451 e. The van der Waals surface area contributed by atoms with Gasteiger partial charge in [-0.1, -0.05) is 48.0 Å². The van der Waals surface area contributed by atoms with Gasteiger partial charge in [0.15, 0.2) is 6.39 Å². The molecule has 1 aromatic heterocycles. The van der Waals surface area contributed by atoms with Gasteiger partial charge in [-0.15, -0.1) is 0 Å². The molecule has 0 atom stereocenters. The number of benzene rings is 2. The van der Waals surface area contributed by atoms with E-state index in [2.05, 4.69) is 11.1 Å². The van der Waals surface area contributed by atoms with E-state index in [0.717, 1.165) is 27.4 Å². The molecule has 0 saturated carbocycles. The summed E-state index contributed by atoms with van der Waals surface area (Å²) in [6, 6.07) is 15.9. The summed E-state index contributed by atoms with van der Waals surface area (Å²) < 4.78 is 5.05. The van der Waals surface area contributed by atoms with Crippen molar-refractivity contribution in [1.29, 1.82) is 0 Å². The van der Waals surface area contributed by atoms with E-state index in [9.17, 15) is 0 Å². The van der Waals surface area contributed by atoms with Gasteiger partial charge in [-0.25, -0.2) is 4.98 Å².